The highest BCUT2D eigenvalue weighted by atomic mass is 16.5. The number of hydrogen-bond acceptors (Lipinski definition) is 7. The Hall–Kier alpha value is -3.48. The van der Waals surface area contributed by atoms with Crippen LogP contribution in [0.4, 0.5) is 17.5 Å². The highest BCUT2D eigenvalue weighted by Crippen LogP contribution is 2.16. The van der Waals surface area contributed by atoms with Crippen LogP contribution in [-0.4, -0.2) is 34.8 Å². The highest BCUT2D eigenvalue weighted by Gasteiger charge is 2.07. The van der Waals surface area contributed by atoms with Gasteiger partial charge in [0.1, 0.15) is 0 Å². The Morgan fingerprint density at radius 1 is 1.11 bits per heavy atom. The molecular formula is C20H21N5O2. The van der Waals surface area contributed by atoms with Crippen LogP contribution in [-0.2, 0) is 11.2 Å². The predicted octanol–water partition coefficient (Wildman–Crippen LogP) is 3.45. The van der Waals surface area contributed by atoms with Gasteiger partial charge in [0.25, 0.3) is 0 Å². The van der Waals surface area contributed by atoms with Crippen molar-refractivity contribution in [1.82, 2.24) is 15.2 Å². The topological polar surface area (TPSA) is 89.0 Å². The van der Waals surface area contributed by atoms with Gasteiger partial charge in [0.15, 0.2) is 5.82 Å². The number of carbonyl (C=O) groups is 1. The Morgan fingerprint density at radius 3 is 2.78 bits per heavy atom. The molecule has 7 heteroatoms. The molecule has 0 saturated carbocycles. The second-order valence-electron chi connectivity index (χ2n) is 5.88. The number of methoxy groups -OCH3 is 1. The van der Waals surface area contributed by atoms with Crippen LogP contribution in [0, 0.1) is 0 Å². The van der Waals surface area contributed by atoms with E-state index in [-0.39, 0.29) is 5.97 Å². The number of esters is 1. The van der Waals surface area contributed by atoms with Gasteiger partial charge in [-0.15, -0.1) is 5.10 Å². The number of aromatic nitrogens is 3. The maximum atomic E-state index is 11.6. The number of benzene rings is 2. The van der Waals surface area contributed by atoms with Gasteiger partial charge in [0, 0.05) is 12.2 Å². The van der Waals surface area contributed by atoms with Crippen LogP contribution in [0.25, 0.3) is 0 Å². The summed E-state index contributed by atoms with van der Waals surface area (Å²) >= 11 is 0. The molecule has 0 aliphatic carbocycles. The Balaban J connectivity index is 1.55. The van der Waals surface area contributed by atoms with E-state index in [0.29, 0.717) is 23.0 Å². The molecule has 0 bridgehead atoms. The molecule has 0 spiro atoms. The van der Waals surface area contributed by atoms with Crippen molar-refractivity contribution in [3.63, 3.8) is 0 Å². The van der Waals surface area contributed by atoms with Crippen LogP contribution in [0.3, 0.4) is 0 Å². The number of rotatable bonds is 8. The van der Waals surface area contributed by atoms with Gasteiger partial charge in [0.05, 0.1) is 18.9 Å². The van der Waals surface area contributed by atoms with E-state index in [1.807, 2.05) is 24.3 Å². The van der Waals surface area contributed by atoms with Crippen molar-refractivity contribution in [2.24, 2.45) is 0 Å². The Labute approximate surface area is 157 Å². The van der Waals surface area contributed by atoms with Gasteiger partial charge in [0.2, 0.25) is 5.95 Å². The predicted molar refractivity (Wildman–Crippen MR) is 104 cm³/mol. The van der Waals surface area contributed by atoms with Gasteiger partial charge >= 0.3 is 5.97 Å². The lowest BCUT2D eigenvalue weighted by atomic mass is 10.1. The fourth-order valence-corrected chi connectivity index (χ4v) is 2.57. The van der Waals surface area contributed by atoms with Crippen molar-refractivity contribution < 1.29 is 9.53 Å². The van der Waals surface area contributed by atoms with Gasteiger partial charge in [-0.05, 0) is 36.6 Å². The first-order valence-electron chi connectivity index (χ1n) is 8.67. The van der Waals surface area contributed by atoms with Gasteiger partial charge in [-0.2, -0.15) is 10.1 Å². The number of nitrogens with one attached hydrogen (secondary N) is 2. The molecule has 1 aromatic heterocycles. The molecule has 3 aromatic rings. The zero-order valence-corrected chi connectivity index (χ0v) is 15.1. The Morgan fingerprint density at radius 2 is 1.96 bits per heavy atom. The van der Waals surface area contributed by atoms with Crippen molar-refractivity contribution in [3.05, 3.63) is 71.9 Å². The van der Waals surface area contributed by atoms with E-state index < -0.39 is 0 Å². The molecule has 0 aliphatic heterocycles. The molecule has 138 valence electrons. The van der Waals surface area contributed by atoms with Crippen LogP contribution in [0.5, 0.6) is 0 Å². The molecule has 3 rings (SSSR count). The second-order valence-corrected chi connectivity index (χ2v) is 5.88. The highest BCUT2D eigenvalue weighted by molar-refractivity contribution is 5.90. The summed E-state index contributed by atoms with van der Waals surface area (Å²) in [5.74, 6) is 0.606. The lowest BCUT2D eigenvalue weighted by Gasteiger charge is -2.08. The van der Waals surface area contributed by atoms with Crippen LogP contribution < -0.4 is 10.6 Å². The number of carbonyl (C=O) groups excluding carboxylic acids is 1. The van der Waals surface area contributed by atoms with Crippen molar-refractivity contribution in [1.29, 1.82) is 0 Å². The van der Waals surface area contributed by atoms with Gasteiger partial charge < -0.3 is 15.4 Å². The molecule has 0 saturated heterocycles. The van der Waals surface area contributed by atoms with Gasteiger partial charge in [-0.25, -0.2) is 4.79 Å². The summed E-state index contributed by atoms with van der Waals surface area (Å²) in [6.07, 6.45) is 3.48. The molecule has 0 amide bonds. The number of nitrogens with zero attached hydrogens (tertiary/aromatic N) is 3. The minimum atomic E-state index is -0.389. The summed E-state index contributed by atoms with van der Waals surface area (Å²) < 4.78 is 4.73. The van der Waals surface area contributed by atoms with E-state index in [2.05, 4.69) is 37.9 Å². The molecular weight excluding hydrogens is 342 g/mol. The SMILES string of the molecule is COC(=O)c1cccc(Nc2cnnc(NCCCc3ccccc3)n2)c1. The van der Waals surface area contributed by atoms with Crippen LogP contribution in [0.2, 0.25) is 0 Å². The van der Waals surface area contributed by atoms with Crippen LogP contribution in [0.15, 0.2) is 60.8 Å². The molecule has 0 atom stereocenters. The van der Waals surface area contributed by atoms with E-state index in [1.165, 1.54) is 18.9 Å². The summed E-state index contributed by atoms with van der Waals surface area (Å²) in [5, 5.41) is 14.3. The molecule has 0 radical (unpaired) electrons. The molecule has 1 heterocycles. The third-order valence-electron chi connectivity index (χ3n) is 3.88. The lowest BCUT2D eigenvalue weighted by molar-refractivity contribution is 0.0601. The van der Waals surface area contributed by atoms with Crippen LogP contribution in [0.1, 0.15) is 22.3 Å². The summed E-state index contributed by atoms with van der Waals surface area (Å²) in [6.45, 7) is 0.748. The zero-order valence-electron chi connectivity index (χ0n) is 15.1. The third-order valence-corrected chi connectivity index (χ3v) is 3.88. The number of hydrogen-bond donors (Lipinski definition) is 2. The number of aryl methyl sites for hydroxylation is 1. The molecule has 2 N–H and O–H groups in total. The molecule has 0 unspecified atom stereocenters. The average Bonchev–Trinajstić information content (AvgIpc) is 2.72. The van der Waals surface area contributed by atoms with E-state index in [0.717, 1.165) is 19.4 Å². The number of ether oxygens (including phenoxy) is 1. The number of anilines is 3. The minimum Gasteiger partial charge on any atom is -0.465 e. The zero-order chi connectivity index (χ0) is 18.9. The van der Waals surface area contributed by atoms with E-state index in [1.54, 1.807) is 18.2 Å². The quantitative estimate of drug-likeness (QED) is 0.468. The average molecular weight is 363 g/mol. The fraction of sp³-hybridized carbons (Fsp3) is 0.200. The molecule has 0 fully saturated rings. The summed E-state index contributed by atoms with van der Waals surface area (Å²) in [5.41, 5.74) is 2.48. The van der Waals surface area contributed by atoms with Gasteiger partial charge in [-0.3, -0.25) is 0 Å². The monoisotopic (exact) mass is 363 g/mol. The molecule has 27 heavy (non-hydrogen) atoms. The molecule has 0 aliphatic rings. The fourth-order valence-electron chi connectivity index (χ4n) is 2.57. The van der Waals surface area contributed by atoms with E-state index in [4.69, 9.17) is 4.74 Å². The van der Waals surface area contributed by atoms with Crippen molar-refractivity contribution in [3.8, 4) is 0 Å². The summed E-state index contributed by atoms with van der Waals surface area (Å²) in [4.78, 5) is 16.0. The smallest absolute Gasteiger partial charge is 0.337 e. The van der Waals surface area contributed by atoms with Crippen LogP contribution >= 0.6 is 0 Å². The van der Waals surface area contributed by atoms with Gasteiger partial charge in [-0.1, -0.05) is 36.4 Å². The molecule has 7 nitrogen and oxygen atoms in total. The Kier molecular flexibility index (Phi) is 6.30. The minimum absolute atomic E-state index is 0.389. The van der Waals surface area contributed by atoms with Crippen molar-refractivity contribution in [2.75, 3.05) is 24.3 Å². The normalized spacial score (nSPS) is 10.3. The summed E-state index contributed by atoms with van der Waals surface area (Å²) in [6, 6.07) is 17.3. The first-order valence-corrected chi connectivity index (χ1v) is 8.67. The standard InChI is InChI=1S/C20H21N5O2/c1-27-19(26)16-10-5-11-17(13-16)23-18-14-22-25-20(24-18)21-12-6-9-15-7-3-2-4-8-15/h2-5,7-8,10-11,13-14H,6,9,12H2,1H3,(H2,21,23,24,25). The summed E-state index contributed by atoms with van der Waals surface area (Å²) in [7, 11) is 1.35. The van der Waals surface area contributed by atoms with Crippen molar-refractivity contribution in [2.45, 2.75) is 12.8 Å². The third kappa shape index (κ3) is 5.50. The van der Waals surface area contributed by atoms with E-state index >= 15 is 0 Å². The molecule has 2 aromatic carbocycles. The Bertz CT molecular complexity index is 886. The maximum absolute atomic E-state index is 11.6. The van der Waals surface area contributed by atoms with Crippen molar-refractivity contribution >= 4 is 23.4 Å². The second kappa shape index (κ2) is 9.28. The first-order chi connectivity index (χ1) is 13.2. The maximum Gasteiger partial charge on any atom is 0.337 e. The lowest BCUT2D eigenvalue weighted by Crippen LogP contribution is -2.08. The first kappa shape index (κ1) is 18.3. The largest absolute Gasteiger partial charge is 0.465 e. The van der Waals surface area contributed by atoms with E-state index in [9.17, 15) is 4.79 Å².